The maximum Gasteiger partial charge on any atom is 0.144 e. The Morgan fingerprint density at radius 2 is 1.34 bits per heavy atom. The van der Waals surface area contributed by atoms with Crippen molar-refractivity contribution in [2.24, 2.45) is 0 Å². The molecule has 1 aromatic heterocycles. The summed E-state index contributed by atoms with van der Waals surface area (Å²) >= 11 is 0. The lowest BCUT2D eigenvalue weighted by Gasteiger charge is -2.13. The van der Waals surface area contributed by atoms with Gasteiger partial charge in [0.15, 0.2) is 0 Å². The van der Waals surface area contributed by atoms with Crippen LogP contribution in [0.25, 0.3) is 22.4 Å². The molecule has 0 fully saturated rings. The van der Waals surface area contributed by atoms with Crippen LogP contribution in [-0.4, -0.2) is 23.1 Å². The van der Waals surface area contributed by atoms with Crippen LogP contribution in [0.2, 0.25) is 0 Å². The van der Waals surface area contributed by atoms with Crippen LogP contribution in [0.3, 0.4) is 0 Å². The minimum Gasteiger partial charge on any atom is -0.382 e. The molecule has 1 heterocycles. The van der Waals surface area contributed by atoms with Gasteiger partial charge in [-0.2, -0.15) is 0 Å². The number of aryl methyl sites for hydroxylation is 2. The first-order valence-corrected chi connectivity index (χ1v) is 11.1. The standard InChI is InChI=1S/C28H34N4/c1-19(2)11-13-29-24-9-7-23(8-10-24)25-15-22(6)26(16-21(25)5)27-17-32-28(18-31-27)30-14-12-20(3)4/h7-12,15-18,29H,13-14H2,1-6H3,(H,30,32). The number of allylic oxidation sites excluding steroid dienone is 2. The minimum absolute atomic E-state index is 0.756. The molecule has 32 heavy (non-hydrogen) atoms. The Hall–Kier alpha value is -3.40. The molecule has 3 aromatic rings. The van der Waals surface area contributed by atoms with E-state index in [0.717, 1.165) is 35.9 Å². The molecule has 0 saturated heterocycles. The first kappa shape index (κ1) is 23.3. The third-order valence-electron chi connectivity index (χ3n) is 5.31. The molecule has 0 amide bonds. The van der Waals surface area contributed by atoms with E-state index in [1.807, 2.05) is 6.20 Å². The van der Waals surface area contributed by atoms with Crippen molar-refractivity contribution < 1.29 is 0 Å². The predicted molar refractivity (Wildman–Crippen MR) is 138 cm³/mol. The summed E-state index contributed by atoms with van der Waals surface area (Å²) in [5.41, 5.74) is 10.6. The first-order chi connectivity index (χ1) is 15.3. The Bertz CT molecular complexity index is 1010. The Kier molecular flexibility index (Phi) is 7.82. The molecule has 2 aromatic carbocycles. The average Bonchev–Trinajstić information content (AvgIpc) is 2.76. The van der Waals surface area contributed by atoms with Crippen LogP contribution in [0.15, 0.2) is 72.1 Å². The molecule has 0 atom stereocenters. The molecule has 4 nitrogen and oxygen atoms in total. The van der Waals surface area contributed by atoms with Crippen molar-refractivity contribution in [2.45, 2.75) is 41.5 Å². The van der Waals surface area contributed by atoms with Crippen LogP contribution in [0.1, 0.15) is 38.8 Å². The molecule has 0 unspecified atom stereocenters. The SMILES string of the molecule is CC(C)=CCNc1ccc(-c2cc(C)c(-c3cnc(NCC=C(C)C)cn3)cc2C)cc1. The smallest absolute Gasteiger partial charge is 0.144 e. The van der Waals surface area contributed by atoms with Crippen LogP contribution in [0, 0.1) is 13.8 Å². The number of hydrogen-bond donors (Lipinski definition) is 2. The van der Waals surface area contributed by atoms with Gasteiger partial charge in [0, 0.05) is 24.3 Å². The Balaban J connectivity index is 1.76. The second kappa shape index (κ2) is 10.8. The zero-order chi connectivity index (χ0) is 23.1. The van der Waals surface area contributed by atoms with Gasteiger partial charge in [0.2, 0.25) is 0 Å². The molecule has 0 radical (unpaired) electrons. The largest absolute Gasteiger partial charge is 0.382 e. The molecule has 0 aliphatic rings. The fourth-order valence-electron chi connectivity index (χ4n) is 3.46. The number of aromatic nitrogens is 2. The summed E-state index contributed by atoms with van der Waals surface area (Å²) in [5.74, 6) is 0.788. The van der Waals surface area contributed by atoms with Crippen molar-refractivity contribution in [1.29, 1.82) is 0 Å². The molecule has 4 heteroatoms. The average molecular weight is 427 g/mol. The summed E-state index contributed by atoms with van der Waals surface area (Å²) < 4.78 is 0. The van der Waals surface area contributed by atoms with Gasteiger partial charge in [-0.25, -0.2) is 4.98 Å². The van der Waals surface area contributed by atoms with Crippen molar-refractivity contribution in [3.05, 3.63) is 83.2 Å². The molecule has 0 aliphatic heterocycles. The molecular weight excluding hydrogens is 392 g/mol. The van der Waals surface area contributed by atoms with E-state index in [9.17, 15) is 0 Å². The van der Waals surface area contributed by atoms with E-state index in [-0.39, 0.29) is 0 Å². The molecule has 166 valence electrons. The highest BCUT2D eigenvalue weighted by Gasteiger charge is 2.10. The van der Waals surface area contributed by atoms with Crippen molar-refractivity contribution >= 4 is 11.5 Å². The van der Waals surface area contributed by atoms with E-state index in [1.165, 1.54) is 33.4 Å². The van der Waals surface area contributed by atoms with Gasteiger partial charge >= 0.3 is 0 Å². The van der Waals surface area contributed by atoms with E-state index >= 15 is 0 Å². The lowest BCUT2D eigenvalue weighted by atomic mass is 9.94. The third kappa shape index (κ3) is 6.30. The van der Waals surface area contributed by atoms with Gasteiger partial charge in [-0.15, -0.1) is 0 Å². The summed E-state index contributed by atoms with van der Waals surface area (Å²) in [6.45, 7) is 14.3. The molecule has 0 spiro atoms. The van der Waals surface area contributed by atoms with Crippen molar-refractivity contribution in [3.8, 4) is 22.4 Å². The second-order valence-corrected chi connectivity index (χ2v) is 8.67. The second-order valence-electron chi connectivity index (χ2n) is 8.67. The van der Waals surface area contributed by atoms with Gasteiger partial charge in [0.1, 0.15) is 5.82 Å². The van der Waals surface area contributed by atoms with Gasteiger partial charge in [-0.3, -0.25) is 4.98 Å². The van der Waals surface area contributed by atoms with E-state index in [2.05, 4.69) is 111 Å². The van der Waals surface area contributed by atoms with E-state index in [4.69, 9.17) is 0 Å². The summed E-state index contributed by atoms with van der Waals surface area (Å²) in [7, 11) is 0. The summed E-state index contributed by atoms with van der Waals surface area (Å²) in [6.07, 6.45) is 7.97. The van der Waals surface area contributed by atoms with Crippen molar-refractivity contribution in [1.82, 2.24) is 9.97 Å². The summed E-state index contributed by atoms with van der Waals surface area (Å²) in [5, 5.41) is 6.71. The van der Waals surface area contributed by atoms with Crippen molar-refractivity contribution in [2.75, 3.05) is 23.7 Å². The van der Waals surface area contributed by atoms with Crippen LogP contribution in [0.5, 0.6) is 0 Å². The zero-order valence-electron chi connectivity index (χ0n) is 20.1. The first-order valence-electron chi connectivity index (χ1n) is 11.1. The number of nitrogens with one attached hydrogen (secondary N) is 2. The number of hydrogen-bond acceptors (Lipinski definition) is 4. The number of nitrogens with zero attached hydrogens (tertiary/aromatic N) is 2. The van der Waals surface area contributed by atoms with Crippen molar-refractivity contribution in [3.63, 3.8) is 0 Å². The third-order valence-corrected chi connectivity index (χ3v) is 5.31. The van der Waals surface area contributed by atoms with E-state index in [1.54, 1.807) is 6.20 Å². The zero-order valence-corrected chi connectivity index (χ0v) is 20.1. The maximum atomic E-state index is 4.64. The van der Waals surface area contributed by atoms with Crippen LogP contribution in [0.4, 0.5) is 11.5 Å². The Morgan fingerprint density at radius 3 is 1.94 bits per heavy atom. The number of anilines is 2. The van der Waals surface area contributed by atoms with Gasteiger partial charge in [-0.05, 0) is 82.0 Å². The fourth-order valence-corrected chi connectivity index (χ4v) is 3.46. The van der Waals surface area contributed by atoms with Crippen LogP contribution < -0.4 is 10.6 Å². The number of rotatable bonds is 8. The highest BCUT2D eigenvalue weighted by Crippen LogP contribution is 2.31. The number of benzene rings is 2. The molecule has 0 aliphatic carbocycles. The molecule has 2 N–H and O–H groups in total. The summed E-state index contributed by atoms with van der Waals surface area (Å²) in [4.78, 5) is 9.18. The topological polar surface area (TPSA) is 49.8 Å². The van der Waals surface area contributed by atoms with Crippen LogP contribution in [-0.2, 0) is 0 Å². The maximum absolute atomic E-state index is 4.64. The predicted octanol–water partition coefficient (Wildman–Crippen LogP) is 7.18. The van der Waals surface area contributed by atoms with Gasteiger partial charge in [-0.1, -0.05) is 41.5 Å². The normalized spacial score (nSPS) is 10.4. The minimum atomic E-state index is 0.756. The molecule has 0 bridgehead atoms. The summed E-state index contributed by atoms with van der Waals surface area (Å²) in [6, 6.07) is 13.1. The fraction of sp³-hybridized carbons (Fsp3) is 0.286. The Labute approximate surface area is 192 Å². The highest BCUT2D eigenvalue weighted by atomic mass is 15.0. The highest BCUT2D eigenvalue weighted by molar-refractivity contribution is 5.75. The molecular formula is C28H34N4. The van der Waals surface area contributed by atoms with E-state index < -0.39 is 0 Å². The van der Waals surface area contributed by atoms with Crippen LogP contribution >= 0.6 is 0 Å². The van der Waals surface area contributed by atoms with Gasteiger partial charge in [0.05, 0.1) is 18.1 Å². The quantitative estimate of drug-likeness (QED) is 0.374. The monoisotopic (exact) mass is 426 g/mol. The molecule has 0 saturated carbocycles. The Morgan fingerprint density at radius 1 is 0.750 bits per heavy atom. The molecule has 3 rings (SSSR count). The lowest BCUT2D eigenvalue weighted by Crippen LogP contribution is -2.02. The van der Waals surface area contributed by atoms with Gasteiger partial charge < -0.3 is 10.6 Å². The lowest BCUT2D eigenvalue weighted by molar-refractivity contribution is 1.15. The van der Waals surface area contributed by atoms with Gasteiger partial charge in [0.25, 0.3) is 0 Å². The van der Waals surface area contributed by atoms with E-state index in [0.29, 0.717) is 0 Å².